The van der Waals surface area contributed by atoms with Gasteiger partial charge in [0.05, 0.1) is 0 Å². The number of carboxylic acids is 1. The van der Waals surface area contributed by atoms with E-state index in [0.29, 0.717) is 30.9 Å². The molecule has 0 radical (unpaired) electrons. The van der Waals surface area contributed by atoms with Crippen molar-refractivity contribution >= 4 is 11.9 Å². The van der Waals surface area contributed by atoms with Crippen LogP contribution in [0.1, 0.15) is 25.3 Å². The molecule has 0 saturated carbocycles. The van der Waals surface area contributed by atoms with Crippen LogP contribution in [0.2, 0.25) is 0 Å². The molecular weight excluding hydrogens is 334 g/mol. The number of hydrogen-bond acceptors (Lipinski definition) is 4. The van der Waals surface area contributed by atoms with Crippen LogP contribution in [0.3, 0.4) is 0 Å². The Labute approximate surface area is 152 Å². The molecule has 6 nitrogen and oxygen atoms in total. The van der Waals surface area contributed by atoms with E-state index >= 15 is 0 Å². The first kappa shape index (κ1) is 19.3. The van der Waals surface area contributed by atoms with Crippen LogP contribution in [-0.2, 0) is 16.2 Å². The second kappa shape index (κ2) is 10.1. The van der Waals surface area contributed by atoms with Crippen molar-refractivity contribution in [1.82, 2.24) is 5.32 Å². The van der Waals surface area contributed by atoms with Crippen LogP contribution in [0.15, 0.2) is 54.6 Å². The molecule has 0 aliphatic carbocycles. The highest BCUT2D eigenvalue weighted by atomic mass is 16.5. The molecule has 26 heavy (non-hydrogen) atoms. The van der Waals surface area contributed by atoms with E-state index in [4.69, 9.17) is 14.6 Å². The van der Waals surface area contributed by atoms with Crippen molar-refractivity contribution in [3.8, 4) is 11.5 Å². The summed E-state index contributed by atoms with van der Waals surface area (Å²) < 4.78 is 11.3. The molecule has 0 saturated heterocycles. The second-order valence-electron chi connectivity index (χ2n) is 5.76. The molecule has 2 aromatic carbocycles. The van der Waals surface area contributed by atoms with Gasteiger partial charge >= 0.3 is 5.97 Å². The Morgan fingerprint density at radius 3 is 2.23 bits per heavy atom. The number of carbonyl (C=O) groups is 2. The molecule has 2 aromatic rings. The predicted molar refractivity (Wildman–Crippen MR) is 97.2 cm³/mol. The minimum Gasteiger partial charge on any atom is -0.485 e. The van der Waals surface area contributed by atoms with Gasteiger partial charge < -0.3 is 19.9 Å². The summed E-state index contributed by atoms with van der Waals surface area (Å²) in [5.41, 5.74) is 1.02. The summed E-state index contributed by atoms with van der Waals surface area (Å²) in [5, 5.41) is 11.5. The van der Waals surface area contributed by atoms with Gasteiger partial charge in [0.15, 0.2) is 18.1 Å². The molecule has 0 heterocycles. The minimum atomic E-state index is -1.05. The van der Waals surface area contributed by atoms with Crippen LogP contribution in [0.4, 0.5) is 0 Å². The van der Waals surface area contributed by atoms with Crippen molar-refractivity contribution < 1.29 is 24.2 Å². The SMILES string of the molecule is CCCC(NC(=O)COc1ccccc1OCc1ccccc1)C(=O)O. The third-order valence-electron chi connectivity index (χ3n) is 3.66. The molecule has 0 aliphatic rings. The van der Waals surface area contributed by atoms with E-state index in [9.17, 15) is 9.59 Å². The number of carboxylic acid groups (broad SMARTS) is 1. The smallest absolute Gasteiger partial charge is 0.326 e. The first-order valence-corrected chi connectivity index (χ1v) is 8.51. The molecule has 6 heteroatoms. The third kappa shape index (κ3) is 6.12. The van der Waals surface area contributed by atoms with Gasteiger partial charge in [-0.3, -0.25) is 4.79 Å². The van der Waals surface area contributed by atoms with Gasteiger partial charge in [0.25, 0.3) is 5.91 Å². The molecular formula is C20H23NO5. The fourth-order valence-electron chi connectivity index (χ4n) is 2.35. The lowest BCUT2D eigenvalue weighted by Gasteiger charge is -2.15. The molecule has 1 amide bonds. The lowest BCUT2D eigenvalue weighted by molar-refractivity contribution is -0.142. The number of ether oxygens (including phenoxy) is 2. The van der Waals surface area contributed by atoms with Gasteiger partial charge in [0.1, 0.15) is 12.6 Å². The lowest BCUT2D eigenvalue weighted by atomic mass is 10.2. The molecule has 138 valence electrons. The highest BCUT2D eigenvalue weighted by molar-refractivity contribution is 5.84. The molecule has 0 aromatic heterocycles. The summed E-state index contributed by atoms with van der Waals surface area (Å²) in [4.78, 5) is 23.1. The van der Waals surface area contributed by atoms with Crippen LogP contribution in [-0.4, -0.2) is 29.6 Å². The zero-order chi connectivity index (χ0) is 18.8. The zero-order valence-electron chi connectivity index (χ0n) is 14.7. The van der Waals surface area contributed by atoms with Crippen molar-refractivity contribution in [1.29, 1.82) is 0 Å². The second-order valence-corrected chi connectivity index (χ2v) is 5.76. The zero-order valence-corrected chi connectivity index (χ0v) is 14.7. The number of hydrogen-bond donors (Lipinski definition) is 2. The Morgan fingerprint density at radius 2 is 1.62 bits per heavy atom. The van der Waals surface area contributed by atoms with E-state index in [2.05, 4.69) is 5.32 Å². The Hall–Kier alpha value is -3.02. The highest BCUT2D eigenvalue weighted by Gasteiger charge is 2.19. The average molecular weight is 357 g/mol. The summed E-state index contributed by atoms with van der Waals surface area (Å²) in [6, 6.07) is 15.9. The number of nitrogens with one attached hydrogen (secondary N) is 1. The van der Waals surface area contributed by atoms with E-state index in [0.717, 1.165) is 5.56 Å². The van der Waals surface area contributed by atoms with Gasteiger partial charge in [0, 0.05) is 0 Å². The minimum absolute atomic E-state index is 0.279. The predicted octanol–water partition coefficient (Wildman–Crippen LogP) is 3.01. The first-order chi connectivity index (χ1) is 12.6. The van der Waals surface area contributed by atoms with E-state index < -0.39 is 17.9 Å². The molecule has 2 rings (SSSR count). The Morgan fingerprint density at radius 1 is 1.00 bits per heavy atom. The maximum absolute atomic E-state index is 12.0. The topological polar surface area (TPSA) is 84.9 Å². The van der Waals surface area contributed by atoms with Gasteiger partial charge in [0.2, 0.25) is 0 Å². The number of amides is 1. The van der Waals surface area contributed by atoms with Crippen molar-refractivity contribution in [3.63, 3.8) is 0 Å². The summed E-state index contributed by atoms with van der Waals surface area (Å²) in [7, 11) is 0. The van der Waals surface area contributed by atoms with Gasteiger partial charge in [-0.15, -0.1) is 0 Å². The van der Waals surface area contributed by atoms with Crippen LogP contribution >= 0.6 is 0 Å². The largest absolute Gasteiger partial charge is 0.485 e. The van der Waals surface area contributed by atoms with Crippen LogP contribution in [0.25, 0.3) is 0 Å². The van der Waals surface area contributed by atoms with Gasteiger partial charge in [-0.2, -0.15) is 0 Å². The fraction of sp³-hybridized carbons (Fsp3) is 0.300. The monoisotopic (exact) mass is 357 g/mol. The standard InChI is InChI=1S/C20H23NO5/c1-2-8-16(20(23)24)21-19(22)14-26-18-12-7-6-11-17(18)25-13-15-9-4-3-5-10-15/h3-7,9-12,16H,2,8,13-14H2,1H3,(H,21,22)(H,23,24). The van der Waals surface area contributed by atoms with E-state index in [1.807, 2.05) is 43.3 Å². The summed E-state index contributed by atoms with van der Waals surface area (Å²) in [6.07, 6.45) is 1.03. The Bertz CT molecular complexity index is 717. The Kier molecular flexibility index (Phi) is 7.49. The molecule has 1 unspecified atom stereocenters. The number of aliphatic carboxylic acids is 1. The quantitative estimate of drug-likeness (QED) is 0.683. The van der Waals surface area contributed by atoms with E-state index in [1.54, 1.807) is 18.2 Å². The molecule has 2 N–H and O–H groups in total. The molecule has 0 bridgehead atoms. The number of para-hydroxylation sites is 2. The first-order valence-electron chi connectivity index (χ1n) is 8.51. The van der Waals surface area contributed by atoms with Gasteiger partial charge in [-0.25, -0.2) is 4.79 Å². The van der Waals surface area contributed by atoms with Crippen LogP contribution < -0.4 is 14.8 Å². The summed E-state index contributed by atoms with van der Waals surface area (Å²) >= 11 is 0. The number of benzene rings is 2. The summed E-state index contributed by atoms with van der Waals surface area (Å²) in [6.45, 7) is 1.96. The maximum Gasteiger partial charge on any atom is 0.326 e. The molecule has 0 aliphatic heterocycles. The fourth-order valence-corrected chi connectivity index (χ4v) is 2.35. The van der Waals surface area contributed by atoms with E-state index in [-0.39, 0.29) is 6.61 Å². The van der Waals surface area contributed by atoms with Crippen molar-refractivity contribution in [2.24, 2.45) is 0 Å². The summed E-state index contributed by atoms with van der Waals surface area (Å²) in [5.74, 6) is -0.580. The van der Waals surface area contributed by atoms with Crippen molar-refractivity contribution in [2.75, 3.05) is 6.61 Å². The number of rotatable bonds is 10. The molecule has 0 spiro atoms. The molecule has 1 atom stereocenters. The normalized spacial score (nSPS) is 11.4. The average Bonchev–Trinajstić information content (AvgIpc) is 2.65. The van der Waals surface area contributed by atoms with Crippen molar-refractivity contribution in [2.45, 2.75) is 32.4 Å². The lowest BCUT2D eigenvalue weighted by Crippen LogP contribution is -2.42. The number of carbonyl (C=O) groups excluding carboxylic acids is 1. The maximum atomic E-state index is 12.0. The molecule has 0 fully saturated rings. The van der Waals surface area contributed by atoms with Gasteiger partial charge in [-0.1, -0.05) is 55.8 Å². The van der Waals surface area contributed by atoms with Gasteiger partial charge in [-0.05, 0) is 24.1 Å². The van der Waals surface area contributed by atoms with Crippen LogP contribution in [0, 0.1) is 0 Å². The Balaban J connectivity index is 1.91. The van der Waals surface area contributed by atoms with E-state index in [1.165, 1.54) is 0 Å². The third-order valence-corrected chi connectivity index (χ3v) is 3.66. The van der Waals surface area contributed by atoms with Crippen molar-refractivity contribution in [3.05, 3.63) is 60.2 Å². The van der Waals surface area contributed by atoms with Crippen LogP contribution in [0.5, 0.6) is 11.5 Å². The highest BCUT2D eigenvalue weighted by Crippen LogP contribution is 2.27.